The van der Waals surface area contributed by atoms with E-state index < -0.39 is 0 Å². The molecule has 108 valence electrons. The lowest BCUT2D eigenvalue weighted by Gasteiger charge is -2.30. The number of likely N-dealkylation sites (tertiary alicyclic amines) is 1. The monoisotopic (exact) mass is 277 g/mol. The molecule has 5 heteroatoms. The van der Waals surface area contributed by atoms with Crippen LogP contribution < -0.4 is 0 Å². The Morgan fingerprint density at radius 1 is 1.45 bits per heavy atom. The van der Waals surface area contributed by atoms with Crippen molar-refractivity contribution >= 4 is 18.0 Å². The van der Waals surface area contributed by atoms with Gasteiger partial charge in [0.2, 0.25) is 5.91 Å². The highest BCUT2D eigenvalue weighted by molar-refractivity contribution is 5.91. The number of hydrogen-bond donors (Lipinski definition) is 0. The number of aryl methyl sites for hydroxylation is 1. The summed E-state index contributed by atoms with van der Waals surface area (Å²) >= 11 is 0. The molecule has 0 N–H and O–H groups in total. The Balaban J connectivity index is 1.95. The van der Waals surface area contributed by atoms with Gasteiger partial charge in [-0.1, -0.05) is 0 Å². The molecule has 1 aliphatic heterocycles. The Labute approximate surface area is 118 Å². The molecule has 1 aromatic rings. The van der Waals surface area contributed by atoms with Crippen LogP contribution in [0.2, 0.25) is 0 Å². The van der Waals surface area contributed by atoms with Crippen molar-refractivity contribution < 1.29 is 18.7 Å². The predicted molar refractivity (Wildman–Crippen MR) is 73.8 cm³/mol. The third kappa shape index (κ3) is 3.50. The van der Waals surface area contributed by atoms with Gasteiger partial charge in [0, 0.05) is 19.2 Å². The zero-order valence-corrected chi connectivity index (χ0v) is 11.8. The fraction of sp³-hybridized carbons (Fsp3) is 0.467. The zero-order chi connectivity index (χ0) is 14.5. The van der Waals surface area contributed by atoms with Crippen LogP contribution in [-0.4, -0.2) is 37.0 Å². The van der Waals surface area contributed by atoms with Crippen LogP contribution in [0.3, 0.4) is 0 Å². The second-order valence-electron chi connectivity index (χ2n) is 4.93. The van der Waals surface area contributed by atoms with Crippen LogP contribution in [0.1, 0.15) is 24.4 Å². The summed E-state index contributed by atoms with van der Waals surface area (Å²) in [6.07, 6.45) is 4.73. The number of esters is 1. The maximum Gasteiger partial charge on any atom is 0.310 e. The molecule has 0 bridgehead atoms. The fourth-order valence-electron chi connectivity index (χ4n) is 2.34. The highest BCUT2D eigenvalue weighted by Crippen LogP contribution is 2.18. The van der Waals surface area contributed by atoms with Gasteiger partial charge in [-0.05, 0) is 38.0 Å². The van der Waals surface area contributed by atoms with Gasteiger partial charge in [-0.3, -0.25) is 9.59 Å². The van der Waals surface area contributed by atoms with Gasteiger partial charge in [-0.25, -0.2) is 0 Å². The van der Waals surface area contributed by atoms with Crippen LogP contribution in [0.25, 0.3) is 6.08 Å². The first-order valence-electron chi connectivity index (χ1n) is 6.71. The molecule has 1 atom stereocenters. The molecule has 2 heterocycles. The first-order chi connectivity index (χ1) is 9.60. The van der Waals surface area contributed by atoms with E-state index in [0.29, 0.717) is 18.8 Å². The summed E-state index contributed by atoms with van der Waals surface area (Å²) < 4.78 is 10.1. The van der Waals surface area contributed by atoms with E-state index in [1.165, 1.54) is 13.2 Å². The van der Waals surface area contributed by atoms with Crippen LogP contribution in [0, 0.1) is 12.8 Å². The molecular weight excluding hydrogens is 258 g/mol. The number of carbonyl (C=O) groups excluding carboxylic acids is 2. The largest absolute Gasteiger partial charge is 0.469 e. The molecule has 2 rings (SSSR count). The van der Waals surface area contributed by atoms with E-state index in [0.717, 1.165) is 18.6 Å². The van der Waals surface area contributed by atoms with Crippen molar-refractivity contribution in [3.05, 3.63) is 29.7 Å². The summed E-state index contributed by atoms with van der Waals surface area (Å²) in [5, 5.41) is 0. The molecule has 0 saturated carbocycles. The summed E-state index contributed by atoms with van der Waals surface area (Å²) in [4.78, 5) is 25.3. The minimum absolute atomic E-state index is 0.104. The molecule has 0 aromatic carbocycles. The van der Waals surface area contributed by atoms with Crippen molar-refractivity contribution in [3.8, 4) is 0 Å². The highest BCUT2D eigenvalue weighted by Gasteiger charge is 2.28. The first kappa shape index (κ1) is 14.4. The minimum atomic E-state index is -0.242. The SMILES string of the molecule is COC(=O)C1CCCN(C(=O)/C=C/c2ccc(C)o2)C1. The number of methoxy groups -OCH3 is 1. The smallest absolute Gasteiger partial charge is 0.310 e. The molecule has 1 amide bonds. The lowest BCUT2D eigenvalue weighted by atomic mass is 9.98. The number of furan rings is 1. The van der Waals surface area contributed by atoms with Gasteiger partial charge in [0.25, 0.3) is 0 Å². The number of carbonyl (C=O) groups is 2. The molecule has 20 heavy (non-hydrogen) atoms. The number of hydrogen-bond acceptors (Lipinski definition) is 4. The average molecular weight is 277 g/mol. The van der Waals surface area contributed by atoms with Crippen LogP contribution in [0.15, 0.2) is 22.6 Å². The standard InChI is InChI=1S/C15H19NO4/c1-11-5-6-13(20-11)7-8-14(17)16-9-3-4-12(10-16)15(18)19-2/h5-8,12H,3-4,9-10H2,1-2H3/b8-7+. The van der Waals surface area contributed by atoms with E-state index in [-0.39, 0.29) is 17.8 Å². The lowest BCUT2D eigenvalue weighted by molar-refractivity contribution is -0.148. The molecule has 1 unspecified atom stereocenters. The Kier molecular flexibility index (Phi) is 4.61. The van der Waals surface area contributed by atoms with Gasteiger partial charge in [-0.15, -0.1) is 0 Å². The first-order valence-corrected chi connectivity index (χ1v) is 6.71. The van der Waals surface area contributed by atoms with Crippen LogP contribution in [0.5, 0.6) is 0 Å². The number of piperidine rings is 1. The van der Waals surface area contributed by atoms with Crippen LogP contribution in [-0.2, 0) is 14.3 Å². The molecule has 1 fully saturated rings. The summed E-state index contributed by atoms with van der Waals surface area (Å²) in [7, 11) is 1.38. The molecular formula is C15H19NO4. The minimum Gasteiger partial charge on any atom is -0.469 e. The van der Waals surface area contributed by atoms with Gasteiger partial charge in [0.15, 0.2) is 0 Å². The molecule has 5 nitrogen and oxygen atoms in total. The van der Waals surface area contributed by atoms with Gasteiger partial charge < -0.3 is 14.1 Å². The number of rotatable bonds is 3. The van der Waals surface area contributed by atoms with E-state index in [1.54, 1.807) is 11.0 Å². The topological polar surface area (TPSA) is 59.8 Å². The number of nitrogens with zero attached hydrogens (tertiary/aromatic N) is 1. The molecule has 0 spiro atoms. The van der Waals surface area contributed by atoms with Crippen LogP contribution in [0.4, 0.5) is 0 Å². The average Bonchev–Trinajstić information content (AvgIpc) is 2.89. The predicted octanol–water partition coefficient (Wildman–Crippen LogP) is 2.01. The molecule has 1 aromatic heterocycles. The summed E-state index contributed by atoms with van der Waals surface area (Å²) in [5.74, 6) is 0.899. The maximum absolute atomic E-state index is 12.1. The van der Waals surface area contributed by atoms with Gasteiger partial charge in [-0.2, -0.15) is 0 Å². The second kappa shape index (κ2) is 6.41. The summed E-state index contributed by atoms with van der Waals surface area (Å²) in [6, 6.07) is 3.66. The Morgan fingerprint density at radius 3 is 2.90 bits per heavy atom. The van der Waals surface area contributed by atoms with Gasteiger partial charge in [0.1, 0.15) is 11.5 Å². The van der Waals surface area contributed by atoms with Crippen LogP contribution >= 0.6 is 0 Å². The second-order valence-corrected chi connectivity index (χ2v) is 4.93. The van der Waals surface area contributed by atoms with Crippen molar-refractivity contribution in [2.75, 3.05) is 20.2 Å². The summed E-state index contributed by atoms with van der Waals surface area (Å²) in [5.41, 5.74) is 0. The van der Waals surface area contributed by atoms with E-state index in [9.17, 15) is 9.59 Å². The highest BCUT2D eigenvalue weighted by atomic mass is 16.5. The lowest BCUT2D eigenvalue weighted by Crippen LogP contribution is -2.41. The maximum atomic E-state index is 12.1. The number of ether oxygens (including phenoxy) is 1. The Hall–Kier alpha value is -2.04. The molecule has 1 aliphatic rings. The molecule has 1 saturated heterocycles. The van der Waals surface area contributed by atoms with E-state index >= 15 is 0 Å². The molecule has 0 radical (unpaired) electrons. The van der Waals surface area contributed by atoms with Crippen molar-refractivity contribution in [2.45, 2.75) is 19.8 Å². The third-order valence-electron chi connectivity index (χ3n) is 3.42. The van der Waals surface area contributed by atoms with Crippen molar-refractivity contribution in [1.29, 1.82) is 0 Å². The normalized spacial score (nSPS) is 19.3. The van der Waals surface area contributed by atoms with Gasteiger partial charge >= 0.3 is 5.97 Å². The zero-order valence-electron chi connectivity index (χ0n) is 11.8. The third-order valence-corrected chi connectivity index (χ3v) is 3.42. The quantitative estimate of drug-likeness (QED) is 0.626. The number of amides is 1. The summed E-state index contributed by atoms with van der Waals surface area (Å²) in [6.45, 7) is 2.95. The van der Waals surface area contributed by atoms with Gasteiger partial charge in [0.05, 0.1) is 13.0 Å². The van der Waals surface area contributed by atoms with E-state index in [1.807, 2.05) is 19.1 Å². The van der Waals surface area contributed by atoms with E-state index in [4.69, 9.17) is 9.15 Å². The van der Waals surface area contributed by atoms with Crippen molar-refractivity contribution in [2.24, 2.45) is 5.92 Å². The van der Waals surface area contributed by atoms with Crippen molar-refractivity contribution in [3.63, 3.8) is 0 Å². The van der Waals surface area contributed by atoms with E-state index in [2.05, 4.69) is 0 Å². The fourth-order valence-corrected chi connectivity index (χ4v) is 2.34. The Morgan fingerprint density at radius 2 is 2.25 bits per heavy atom. The molecule has 0 aliphatic carbocycles. The van der Waals surface area contributed by atoms with Crippen molar-refractivity contribution in [1.82, 2.24) is 4.90 Å². The Bertz CT molecular complexity index is 518.